The third-order valence-electron chi connectivity index (χ3n) is 2.62. The number of hydrogen-bond donors (Lipinski definition) is 1. The van der Waals surface area contributed by atoms with E-state index >= 15 is 0 Å². The zero-order valence-corrected chi connectivity index (χ0v) is 9.78. The number of benzene rings is 1. The monoisotopic (exact) mass is 230 g/mol. The van der Waals surface area contributed by atoms with Gasteiger partial charge in [0, 0.05) is 12.7 Å². The lowest BCUT2D eigenvalue weighted by Gasteiger charge is -2.06. The Bertz CT molecular complexity index is 480. The molecule has 1 aromatic carbocycles. The van der Waals surface area contributed by atoms with Gasteiger partial charge in [0.05, 0.1) is 0 Å². The van der Waals surface area contributed by atoms with Crippen molar-refractivity contribution in [3.05, 3.63) is 59.5 Å². The summed E-state index contributed by atoms with van der Waals surface area (Å²) in [4.78, 5) is 4.23. The van der Waals surface area contributed by atoms with Crippen LogP contribution in [0.5, 0.6) is 0 Å². The van der Waals surface area contributed by atoms with Crippen LogP contribution in [0.1, 0.15) is 18.1 Å². The lowest BCUT2D eigenvalue weighted by atomic mass is 10.2. The molecule has 1 N–H and O–H groups in total. The van der Waals surface area contributed by atoms with Crippen LogP contribution in [0, 0.1) is 5.82 Å². The molecule has 0 spiro atoms. The second kappa shape index (κ2) is 5.43. The third-order valence-corrected chi connectivity index (χ3v) is 2.62. The summed E-state index contributed by atoms with van der Waals surface area (Å²) in [5, 5.41) is 3.22. The molecule has 17 heavy (non-hydrogen) atoms. The van der Waals surface area contributed by atoms with Crippen LogP contribution in [-0.2, 0) is 13.0 Å². The Hall–Kier alpha value is -1.90. The van der Waals surface area contributed by atoms with Crippen molar-refractivity contribution in [3.63, 3.8) is 0 Å². The van der Waals surface area contributed by atoms with Gasteiger partial charge < -0.3 is 5.32 Å². The van der Waals surface area contributed by atoms with Crippen LogP contribution in [0.15, 0.2) is 42.6 Å². The summed E-state index contributed by atoms with van der Waals surface area (Å²) < 4.78 is 12.7. The lowest BCUT2D eigenvalue weighted by Crippen LogP contribution is -2.01. The topological polar surface area (TPSA) is 24.9 Å². The average Bonchev–Trinajstić information content (AvgIpc) is 2.38. The van der Waals surface area contributed by atoms with E-state index in [4.69, 9.17) is 0 Å². The van der Waals surface area contributed by atoms with Crippen LogP contribution in [0.3, 0.4) is 0 Å². The summed E-state index contributed by atoms with van der Waals surface area (Å²) in [6, 6.07) is 10.5. The van der Waals surface area contributed by atoms with Gasteiger partial charge >= 0.3 is 0 Å². The fourth-order valence-electron chi connectivity index (χ4n) is 1.59. The second-order valence-electron chi connectivity index (χ2n) is 3.88. The molecule has 0 atom stereocenters. The first-order chi connectivity index (χ1) is 8.28. The lowest BCUT2D eigenvalue weighted by molar-refractivity contribution is 0.627. The highest BCUT2D eigenvalue weighted by molar-refractivity contribution is 5.38. The van der Waals surface area contributed by atoms with Crippen molar-refractivity contribution in [1.29, 1.82) is 0 Å². The van der Waals surface area contributed by atoms with Gasteiger partial charge in [0.15, 0.2) is 0 Å². The predicted molar refractivity (Wildman–Crippen MR) is 67.3 cm³/mol. The Kier molecular flexibility index (Phi) is 3.70. The van der Waals surface area contributed by atoms with Gasteiger partial charge in [-0.1, -0.05) is 19.1 Å². The Morgan fingerprint density at radius 3 is 2.59 bits per heavy atom. The summed E-state index contributed by atoms with van der Waals surface area (Å²) in [7, 11) is 0. The summed E-state index contributed by atoms with van der Waals surface area (Å²) in [6.45, 7) is 2.76. The van der Waals surface area contributed by atoms with Gasteiger partial charge in [-0.25, -0.2) is 9.37 Å². The minimum atomic E-state index is -0.208. The van der Waals surface area contributed by atoms with Crippen LogP contribution in [0.4, 0.5) is 10.2 Å². The summed E-state index contributed by atoms with van der Waals surface area (Å²) in [5.41, 5.74) is 2.29. The number of aryl methyl sites for hydroxylation is 1. The molecule has 1 heterocycles. The minimum Gasteiger partial charge on any atom is -0.366 e. The summed E-state index contributed by atoms with van der Waals surface area (Å²) in [5.74, 6) is 0.647. The molecule has 2 aromatic rings. The molecule has 0 aliphatic rings. The van der Waals surface area contributed by atoms with E-state index in [0.29, 0.717) is 6.54 Å². The first kappa shape index (κ1) is 11.6. The van der Waals surface area contributed by atoms with Gasteiger partial charge in [-0.3, -0.25) is 0 Å². The van der Waals surface area contributed by atoms with Crippen LogP contribution in [-0.4, -0.2) is 4.98 Å². The summed E-state index contributed by atoms with van der Waals surface area (Å²) >= 11 is 0. The highest BCUT2D eigenvalue weighted by Crippen LogP contribution is 2.09. The van der Waals surface area contributed by atoms with E-state index in [9.17, 15) is 4.39 Å². The molecule has 0 aliphatic carbocycles. The van der Waals surface area contributed by atoms with E-state index < -0.39 is 0 Å². The van der Waals surface area contributed by atoms with Gasteiger partial charge in [0.1, 0.15) is 11.6 Å². The molecule has 0 amide bonds. The number of rotatable bonds is 4. The Morgan fingerprint density at radius 1 is 1.12 bits per heavy atom. The fraction of sp³-hybridized carbons (Fsp3) is 0.214. The maximum absolute atomic E-state index is 12.7. The highest BCUT2D eigenvalue weighted by Gasteiger charge is 1.97. The van der Waals surface area contributed by atoms with Crippen molar-refractivity contribution >= 4 is 5.82 Å². The van der Waals surface area contributed by atoms with Crippen LogP contribution >= 0.6 is 0 Å². The molecule has 0 aliphatic heterocycles. The molecular weight excluding hydrogens is 215 g/mol. The van der Waals surface area contributed by atoms with Crippen molar-refractivity contribution in [2.75, 3.05) is 5.32 Å². The molecule has 3 heteroatoms. The molecule has 0 radical (unpaired) electrons. The third kappa shape index (κ3) is 3.28. The molecule has 88 valence electrons. The smallest absolute Gasteiger partial charge is 0.126 e. The van der Waals surface area contributed by atoms with E-state index in [2.05, 4.69) is 17.2 Å². The van der Waals surface area contributed by atoms with E-state index in [1.54, 1.807) is 18.3 Å². The number of anilines is 1. The number of halogens is 1. The molecule has 0 bridgehead atoms. The van der Waals surface area contributed by atoms with E-state index in [1.807, 2.05) is 12.1 Å². The zero-order valence-electron chi connectivity index (χ0n) is 9.78. The van der Waals surface area contributed by atoms with Crippen molar-refractivity contribution in [3.8, 4) is 0 Å². The number of aromatic nitrogens is 1. The molecule has 0 saturated heterocycles. The maximum atomic E-state index is 12.7. The number of hydrogen-bond acceptors (Lipinski definition) is 2. The van der Waals surface area contributed by atoms with Crippen LogP contribution in [0.2, 0.25) is 0 Å². The highest BCUT2D eigenvalue weighted by atomic mass is 19.1. The van der Waals surface area contributed by atoms with E-state index in [1.165, 1.54) is 17.7 Å². The molecule has 2 rings (SSSR count). The molecule has 2 nitrogen and oxygen atoms in total. The number of pyridine rings is 1. The van der Waals surface area contributed by atoms with Crippen molar-refractivity contribution in [2.24, 2.45) is 0 Å². The van der Waals surface area contributed by atoms with E-state index in [0.717, 1.165) is 17.8 Å². The minimum absolute atomic E-state index is 0.208. The normalized spacial score (nSPS) is 10.2. The van der Waals surface area contributed by atoms with Crippen molar-refractivity contribution < 1.29 is 4.39 Å². The first-order valence-electron chi connectivity index (χ1n) is 5.71. The molecule has 1 aromatic heterocycles. The van der Waals surface area contributed by atoms with Gasteiger partial charge in [0.2, 0.25) is 0 Å². The second-order valence-corrected chi connectivity index (χ2v) is 3.88. The Balaban J connectivity index is 1.99. The average molecular weight is 230 g/mol. The number of nitrogens with zero attached hydrogens (tertiary/aromatic N) is 1. The van der Waals surface area contributed by atoms with Gasteiger partial charge in [-0.05, 0) is 41.8 Å². The van der Waals surface area contributed by atoms with E-state index in [-0.39, 0.29) is 5.82 Å². The molecule has 0 unspecified atom stereocenters. The SMILES string of the molecule is CCc1ccnc(NCc2ccc(F)cc2)c1. The van der Waals surface area contributed by atoms with Gasteiger partial charge in [-0.15, -0.1) is 0 Å². The summed E-state index contributed by atoms with van der Waals surface area (Å²) in [6.07, 6.45) is 2.79. The van der Waals surface area contributed by atoms with Gasteiger partial charge in [-0.2, -0.15) is 0 Å². The molecular formula is C14H15FN2. The first-order valence-corrected chi connectivity index (χ1v) is 5.71. The Labute approximate surface area is 101 Å². The maximum Gasteiger partial charge on any atom is 0.126 e. The van der Waals surface area contributed by atoms with Gasteiger partial charge in [0.25, 0.3) is 0 Å². The quantitative estimate of drug-likeness (QED) is 0.870. The largest absolute Gasteiger partial charge is 0.366 e. The molecule has 0 saturated carbocycles. The Morgan fingerprint density at radius 2 is 1.88 bits per heavy atom. The van der Waals surface area contributed by atoms with Crippen LogP contribution in [0.25, 0.3) is 0 Å². The predicted octanol–water partition coefficient (Wildman–Crippen LogP) is 3.40. The van der Waals surface area contributed by atoms with Crippen molar-refractivity contribution in [2.45, 2.75) is 19.9 Å². The fourth-order valence-corrected chi connectivity index (χ4v) is 1.59. The van der Waals surface area contributed by atoms with Crippen LogP contribution < -0.4 is 5.32 Å². The van der Waals surface area contributed by atoms with Crippen molar-refractivity contribution in [1.82, 2.24) is 4.98 Å². The standard InChI is InChI=1S/C14H15FN2/c1-2-11-7-8-16-14(9-11)17-10-12-3-5-13(15)6-4-12/h3-9H,2,10H2,1H3,(H,16,17). The zero-order chi connectivity index (χ0) is 12.1. The molecule has 0 fully saturated rings. The number of nitrogens with one attached hydrogen (secondary N) is 1.